The summed E-state index contributed by atoms with van der Waals surface area (Å²) in [6.45, 7) is 1.73. The Morgan fingerprint density at radius 2 is 2.16 bits per heavy atom. The van der Waals surface area contributed by atoms with Gasteiger partial charge in [-0.2, -0.15) is 0 Å². The summed E-state index contributed by atoms with van der Waals surface area (Å²) in [5, 5.41) is 11.7. The fourth-order valence-corrected chi connectivity index (χ4v) is 2.26. The minimum atomic E-state index is -1.01. The van der Waals surface area contributed by atoms with Crippen molar-refractivity contribution in [2.45, 2.75) is 19.4 Å². The molecular weight excluding hydrogens is 427 g/mol. The third kappa shape index (κ3) is 4.34. The van der Waals surface area contributed by atoms with E-state index >= 15 is 0 Å². The molecule has 1 unspecified atom stereocenters. The van der Waals surface area contributed by atoms with E-state index in [0.29, 0.717) is 12.1 Å². The zero-order chi connectivity index (χ0) is 14.6. The third-order valence-corrected chi connectivity index (χ3v) is 4.97. The van der Waals surface area contributed by atoms with Crippen LogP contribution >= 0.6 is 38.5 Å². The quantitative estimate of drug-likeness (QED) is 0.705. The van der Waals surface area contributed by atoms with Crippen LogP contribution in [-0.4, -0.2) is 35.1 Å². The monoisotopic (exact) mass is 440 g/mol. The number of carbonyl (C=O) groups excluding carboxylic acids is 1. The minimum Gasteiger partial charge on any atom is -0.480 e. The van der Waals surface area contributed by atoms with Gasteiger partial charge in [-0.05, 0) is 63.1 Å². The predicted molar refractivity (Wildman–Crippen MR) is 85.4 cm³/mol. The molecule has 0 aromatic heterocycles. The number of benzene rings is 1. The van der Waals surface area contributed by atoms with Gasteiger partial charge in [0.05, 0.1) is 0 Å². The first-order chi connectivity index (χ1) is 8.86. The summed E-state index contributed by atoms with van der Waals surface area (Å²) in [4.78, 5) is 24.1. The van der Waals surface area contributed by atoms with Gasteiger partial charge in [0.15, 0.2) is 0 Å². The minimum absolute atomic E-state index is 0.357. The van der Waals surface area contributed by atoms with Crippen molar-refractivity contribution in [1.82, 2.24) is 4.90 Å². The highest BCUT2D eigenvalue weighted by Gasteiger charge is 2.24. The number of carboxylic acid groups (broad SMARTS) is 1. The molecule has 2 amide bonds. The average Bonchev–Trinajstić information content (AvgIpc) is 2.34. The van der Waals surface area contributed by atoms with Crippen LogP contribution in [0.1, 0.15) is 13.3 Å². The van der Waals surface area contributed by atoms with Gasteiger partial charge in [-0.15, -0.1) is 0 Å². The van der Waals surface area contributed by atoms with Crippen molar-refractivity contribution in [1.29, 1.82) is 0 Å². The molecule has 5 nitrogen and oxygen atoms in total. The molecule has 0 aliphatic heterocycles. The lowest BCUT2D eigenvalue weighted by Gasteiger charge is -2.24. The van der Waals surface area contributed by atoms with Gasteiger partial charge in [-0.3, -0.25) is 0 Å². The summed E-state index contributed by atoms with van der Waals surface area (Å²) in [5.74, 6) is -1.01. The number of carboxylic acids is 1. The van der Waals surface area contributed by atoms with Crippen molar-refractivity contribution in [3.8, 4) is 0 Å². The maximum Gasteiger partial charge on any atom is 0.326 e. The SMILES string of the molecule is CCC(C(=O)O)N(C)C(=O)Nc1ccc(I)c(Br)c1. The Labute approximate surface area is 133 Å². The van der Waals surface area contributed by atoms with Crippen molar-refractivity contribution < 1.29 is 14.7 Å². The molecule has 2 N–H and O–H groups in total. The molecule has 0 fully saturated rings. The topological polar surface area (TPSA) is 69.6 Å². The van der Waals surface area contributed by atoms with Gasteiger partial charge >= 0.3 is 12.0 Å². The molecule has 1 atom stereocenters. The number of halogens is 2. The maximum atomic E-state index is 11.9. The Bertz CT molecular complexity index is 496. The fraction of sp³-hybridized carbons (Fsp3) is 0.333. The summed E-state index contributed by atoms with van der Waals surface area (Å²) in [5.41, 5.74) is 0.615. The Morgan fingerprint density at radius 1 is 1.53 bits per heavy atom. The predicted octanol–water partition coefficient (Wildman–Crippen LogP) is 3.38. The summed E-state index contributed by atoms with van der Waals surface area (Å²) in [6.07, 6.45) is 0.357. The Balaban J connectivity index is 2.78. The van der Waals surface area contributed by atoms with Crippen LogP contribution in [-0.2, 0) is 4.79 Å². The normalized spacial score (nSPS) is 11.8. The number of urea groups is 1. The molecule has 0 saturated heterocycles. The second-order valence-corrected chi connectivity index (χ2v) is 5.95. The molecule has 1 aromatic carbocycles. The molecular formula is C12H14BrIN2O3. The largest absolute Gasteiger partial charge is 0.480 e. The van der Waals surface area contributed by atoms with Gasteiger partial charge in [0, 0.05) is 20.8 Å². The van der Waals surface area contributed by atoms with Crippen LogP contribution in [0, 0.1) is 3.57 Å². The van der Waals surface area contributed by atoms with Crippen molar-refractivity contribution in [3.63, 3.8) is 0 Å². The number of amides is 2. The van der Waals surface area contributed by atoms with E-state index in [1.807, 2.05) is 6.07 Å². The van der Waals surface area contributed by atoms with Crippen LogP contribution in [0.4, 0.5) is 10.5 Å². The van der Waals surface area contributed by atoms with E-state index in [9.17, 15) is 9.59 Å². The van der Waals surface area contributed by atoms with Crippen LogP contribution in [0.2, 0.25) is 0 Å². The third-order valence-electron chi connectivity index (χ3n) is 2.63. The van der Waals surface area contributed by atoms with Gasteiger partial charge < -0.3 is 15.3 Å². The summed E-state index contributed by atoms with van der Waals surface area (Å²) >= 11 is 5.54. The number of hydrogen-bond donors (Lipinski definition) is 2. The van der Waals surface area contributed by atoms with Crippen molar-refractivity contribution in [2.24, 2.45) is 0 Å². The van der Waals surface area contributed by atoms with E-state index in [0.717, 1.165) is 8.04 Å². The molecule has 19 heavy (non-hydrogen) atoms. The number of likely N-dealkylation sites (N-methyl/N-ethyl adjacent to an activating group) is 1. The molecule has 0 aliphatic carbocycles. The first-order valence-electron chi connectivity index (χ1n) is 5.58. The number of nitrogens with one attached hydrogen (secondary N) is 1. The first-order valence-corrected chi connectivity index (χ1v) is 7.45. The van der Waals surface area contributed by atoms with Crippen LogP contribution in [0.25, 0.3) is 0 Å². The molecule has 0 aliphatic rings. The molecule has 1 aromatic rings. The number of nitrogens with zero attached hydrogens (tertiary/aromatic N) is 1. The van der Waals surface area contributed by atoms with Gasteiger partial charge in [0.25, 0.3) is 0 Å². The number of anilines is 1. The number of rotatable bonds is 4. The Morgan fingerprint density at radius 3 is 2.63 bits per heavy atom. The molecule has 0 spiro atoms. The van der Waals surface area contributed by atoms with Gasteiger partial charge in [0.2, 0.25) is 0 Å². The zero-order valence-corrected chi connectivity index (χ0v) is 14.2. The lowest BCUT2D eigenvalue weighted by atomic mass is 10.2. The van der Waals surface area contributed by atoms with E-state index in [1.54, 1.807) is 19.1 Å². The van der Waals surface area contributed by atoms with Crippen LogP contribution in [0.5, 0.6) is 0 Å². The molecule has 0 bridgehead atoms. The Kier molecular flexibility index (Phi) is 6.05. The van der Waals surface area contributed by atoms with E-state index in [-0.39, 0.29) is 0 Å². The highest BCUT2D eigenvalue weighted by Crippen LogP contribution is 2.23. The molecule has 1 rings (SSSR count). The first kappa shape index (κ1) is 16.2. The van der Waals surface area contributed by atoms with Crippen molar-refractivity contribution in [2.75, 3.05) is 12.4 Å². The van der Waals surface area contributed by atoms with E-state index in [1.165, 1.54) is 11.9 Å². The van der Waals surface area contributed by atoms with E-state index < -0.39 is 18.0 Å². The number of hydrogen-bond acceptors (Lipinski definition) is 2. The Hall–Kier alpha value is -0.830. The lowest BCUT2D eigenvalue weighted by molar-refractivity contribution is -0.141. The van der Waals surface area contributed by atoms with Crippen LogP contribution in [0.3, 0.4) is 0 Å². The van der Waals surface area contributed by atoms with Gasteiger partial charge in [-0.25, -0.2) is 9.59 Å². The zero-order valence-electron chi connectivity index (χ0n) is 10.5. The maximum absolute atomic E-state index is 11.9. The molecule has 0 radical (unpaired) electrons. The standard InChI is InChI=1S/C12H14BrIN2O3/c1-3-10(11(17)18)16(2)12(19)15-7-4-5-9(14)8(13)6-7/h4-6,10H,3H2,1-2H3,(H,15,19)(H,17,18). The average molecular weight is 441 g/mol. The fourth-order valence-electron chi connectivity index (χ4n) is 1.54. The van der Waals surface area contributed by atoms with Crippen molar-refractivity contribution >= 4 is 56.2 Å². The lowest BCUT2D eigenvalue weighted by Crippen LogP contribution is -2.44. The van der Waals surface area contributed by atoms with Gasteiger partial charge in [0.1, 0.15) is 6.04 Å². The number of carbonyl (C=O) groups is 2. The summed E-state index contributed by atoms with van der Waals surface area (Å²) < 4.78 is 1.90. The van der Waals surface area contributed by atoms with Crippen LogP contribution < -0.4 is 5.32 Å². The molecule has 0 heterocycles. The molecule has 7 heteroatoms. The second kappa shape index (κ2) is 7.09. The van der Waals surface area contributed by atoms with Crippen LogP contribution in [0.15, 0.2) is 22.7 Å². The second-order valence-electron chi connectivity index (χ2n) is 3.93. The number of aliphatic carboxylic acids is 1. The van der Waals surface area contributed by atoms with Crippen molar-refractivity contribution in [3.05, 3.63) is 26.2 Å². The van der Waals surface area contributed by atoms with E-state index in [4.69, 9.17) is 5.11 Å². The van der Waals surface area contributed by atoms with Gasteiger partial charge in [-0.1, -0.05) is 6.92 Å². The molecule has 104 valence electrons. The summed E-state index contributed by atoms with van der Waals surface area (Å²) in [7, 11) is 1.47. The smallest absolute Gasteiger partial charge is 0.326 e. The summed E-state index contributed by atoms with van der Waals surface area (Å²) in [6, 6.07) is 4.12. The molecule has 0 saturated carbocycles. The highest BCUT2D eigenvalue weighted by atomic mass is 127. The van der Waals surface area contributed by atoms with E-state index in [2.05, 4.69) is 43.8 Å². The highest BCUT2D eigenvalue weighted by molar-refractivity contribution is 14.1.